The summed E-state index contributed by atoms with van der Waals surface area (Å²) in [5.41, 5.74) is 2.00. The second-order valence-electron chi connectivity index (χ2n) is 2.81. The van der Waals surface area contributed by atoms with E-state index < -0.39 is 0 Å². The first-order chi connectivity index (χ1) is 5.95. The molecule has 2 aromatic rings. The first kappa shape index (κ1) is 6.14. The van der Waals surface area contributed by atoms with Gasteiger partial charge in [0.05, 0.1) is 24.7 Å². The fourth-order valence-electron chi connectivity index (χ4n) is 1.32. The number of hydrogen-bond donors (Lipinski definition) is 0. The minimum Gasteiger partial charge on any atom is -0.366 e. The van der Waals surface area contributed by atoms with Crippen LogP contribution in [0.15, 0.2) is 24.8 Å². The minimum absolute atomic E-state index is 0.252. The number of aromatic nitrogens is 3. The van der Waals surface area contributed by atoms with Crippen LogP contribution in [-0.4, -0.2) is 21.0 Å². The van der Waals surface area contributed by atoms with Gasteiger partial charge in [-0.05, 0) is 0 Å². The Bertz CT molecular complexity index is 419. The van der Waals surface area contributed by atoms with Crippen LogP contribution in [0.2, 0.25) is 0 Å². The molecule has 3 rings (SSSR count). The van der Waals surface area contributed by atoms with Gasteiger partial charge < -0.3 is 4.74 Å². The van der Waals surface area contributed by atoms with Crippen molar-refractivity contribution in [2.24, 2.45) is 0 Å². The Morgan fingerprint density at radius 3 is 3.25 bits per heavy atom. The maximum Gasteiger partial charge on any atom is 0.155 e. The summed E-state index contributed by atoms with van der Waals surface area (Å²) in [5, 5.41) is 0. The predicted octanol–water partition coefficient (Wildman–Crippen LogP) is 0.801. The van der Waals surface area contributed by atoms with E-state index in [1.807, 2.05) is 16.8 Å². The molecule has 0 N–H and O–H groups in total. The average molecular weight is 161 g/mol. The van der Waals surface area contributed by atoms with Crippen LogP contribution >= 0.6 is 0 Å². The Morgan fingerprint density at radius 1 is 1.50 bits per heavy atom. The summed E-state index contributed by atoms with van der Waals surface area (Å²) in [7, 11) is 0. The van der Waals surface area contributed by atoms with Gasteiger partial charge in [-0.3, -0.25) is 9.38 Å². The van der Waals surface area contributed by atoms with Crippen molar-refractivity contribution < 1.29 is 4.74 Å². The van der Waals surface area contributed by atoms with Crippen LogP contribution in [0.3, 0.4) is 0 Å². The highest BCUT2D eigenvalue weighted by Crippen LogP contribution is 2.29. The van der Waals surface area contributed by atoms with Gasteiger partial charge >= 0.3 is 0 Å². The molecule has 2 aromatic heterocycles. The lowest BCUT2D eigenvalue weighted by molar-refractivity contribution is 0.410. The van der Waals surface area contributed by atoms with Crippen molar-refractivity contribution in [3.05, 3.63) is 30.5 Å². The molecular formula is C8H7N3O. The van der Waals surface area contributed by atoms with Crippen molar-refractivity contribution in [3.63, 3.8) is 0 Å². The summed E-state index contributed by atoms with van der Waals surface area (Å²) in [6, 6.07) is 0. The summed E-state index contributed by atoms with van der Waals surface area (Å²) in [4.78, 5) is 8.18. The first-order valence-corrected chi connectivity index (χ1v) is 3.84. The molecule has 1 fully saturated rings. The molecule has 3 heterocycles. The van der Waals surface area contributed by atoms with E-state index in [0.29, 0.717) is 0 Å². The van der Waals surface area contributed by atoms with Gasteiger partial charge in [0.2, 0.25) is 0 Å². The van der Waals surface area contributed by atoms with Crippen molar-refractivity contribution in [1.29, 1.82) is 0 Å². The van der Waals surface area contributed by atoms with Gasteiger partial charge in [0.25, 0.3) is 0 Å². The molecule has 0 spiro atoms. The minimum atomic E-state index is 0.252. The zero-order chi connectivity index (χ0) is 7.97. The highest BCUT2D eigenvalue weighted by Gasteiger charge is 2.27. The molecule has 0 saturated carbocycles. The highest BCUT2D eigenvalue weighted by molar-refractivity contribution is 5.38. The number of epoxide rings is 1. The van der Waals surface area contributed by atoms with Crippen molar-refractivity contribution in [3.8, 4) is 0 Å². The molecule has 1 aliphatic heterocycles. The van der Waals surface area contributed by atoms with E-state index >= 15 is 0 Å². The molecule has 0 aliphatic carbocycles. The summed E-state index contributed by atoms with van der Waals surface area (Å²) in [6.07, 6.45) is 7.49. The Hall–Kier alpha value is -1.42. The van der Waals surface area contributed by atoms with Crippen molar-refractivity contribution >= 4 is 5.65 Å². The second-order valence-corrected chi connectivity index (χ2v) is 2.81. The summed E-state index contributed by atoms with van der Waals surface area (Å²) in [5.74, 6) is 0. The molecule has 60 valence electrons. The van der Waals surface area contributed by atoms with E-state index in [2.05, 4.69) is 9.97 Å². The quantitative estimate of drug-likeness (QED) is 0.581. The lowest BCUT2D eigenvalue weighted by Gasteiger charge is -1.94. The van der Waals surface area contributed by atoms with E-state index in [9.17, 15) is 0 Å². The molecule has 4 nitrogen and oxygen atoms in total. The Balaban J connectivity index is 2.30. The van der Waals surface area contributed by atoms with Gasteiger partial charge in [0, 0.05) is 12.4 Å². The SMILES string of the molecule is c1cn2c(C3CO3)cnc2cn1. The van der Waals surface area contributed by atoms with Gasteiger partial charge in [0.1, 0.15) is 6.10 Å². The number of fused-ring (bicyclic) bond motifs is 1. The van der Waals surface area contributed by atoms with Crippen molar-refractivity contribution in [2.45, 2.75) is 6.10 Å². The van der Waals surface area contributed by atoms with Crippen molar-refractivity contribution in [1.82, 2.24) is 14.4 Å². The zero-order valence-electron chi connectivity index (χ0n) is 6.34. The maximum absolute atomic E-state index is 5.18. The Labute approximate surface area is 68.8 Å². The largest absolute Gasteiger partial charge is 0.366 e. The van der Waals surface area contributed by atoms with E-state index in [0.717, 1.165) is 17.9 Å². The van der Waals surface area contributed by atoms with E-state index in [-0.39, 0.29) is 6.10 Å². The molecule has 4 heteroatoms. The fraction of sp³-hybridized carbons (Fsp3) is 0.250. The molecular weight excluding hydrogens is 154 g/mol. The van der Waals surface area contributed by atoms with Gasteiger partial charge in [-0.2, -0.15) is 0 Å². The van der Waals surface area contributed by atoms with E-state index in [1.54, 1.807) is 12.4 Å². The van der Waals surface area contributed by atoms with Crippen LogP contribution in [0.25, 0.3) is 5.65 Å². The Kier molecular flexibility index (Phi) is 1.04. The molecule has 12 heavy (non-hydrogen) atoms. The van der Waals surface area contributed by atoms with Crippen LogP contribution in [0.4, 0.5) is 0 Å². The number of hydrogen-bond acceptors (Lipinski definition) is 3. The average Bonchev–Trinajstić information content (AvgIpc) is 2.86. The summed E-state index contributed by atoms with van der Waals surface area (Å²) >= 11 is 0. The third kappa shape index (κ3) is 0.753. The molecule has 0 amide bonds. The number of rotatable bonds is 1. The molecule has 0 radical (unpaired) electrons. The lowest BCUT2D eigenvalue weighted by Crippen LogP contribution is -1.90. The number of ether oxygens (including phenoxy) is 1. The van der Waals surface area contributed by atoms with Crippen LogP contribution in [0.1, 0.15) is 11.8 Å². The number of nitrogens with zero attached hydrogens (tertiary/aromatic N) is 3. The third-order valence-corrected chi connectivity index (χ3v) is 2.01. The normalized spacial score (nSPS) is 21.5. The van der Waals surface area contributed by atoms with Gasteiger partial charge in [0.15, 0.2) is 5.65 Å². The molecule has 0 aromatic carbocycles. The van der Waals surface area contributed by atoms with Crippen LogP contribution in [0.5, 0.6) is 0 Å². The monoisotopic (exact) mass is 161 g/mol. The topological polar surface area (TPSA) is 42.7 Å². The van der Waals surface area contributed by atoms with Gasteiger partial charge in [-0.15, -0.1) is 0 Å². The van der Waals surface area contributed by atoms with Crippen LogP contribution < -0.4 is 0 Å². The van der Waals surface area contributed by atoms with Crippen LogP contribution in [0, 0.1) is 0 Å². The first-order valence-electron chi connectivity index (χ1n) is 3.84. The summed E-state index contributed by atoms with van der Waals surface area (Å²) < 4.78 is 7.18. The molecule has 0 bridgehead atoms. The second kappa shape index (κ2) is 2.04. The molecule has 1 atom stereocenters. The third-order valence-electron chi connectivity index (χ3n) is 2.01. The van der Waals surface area contributed by atoms with E-state index in [1.165, 1.54) is 0 Å². The predicted molar refractivity (Wildman–Crippen MR) is 41.7 cm³/mol. The molecule has 1 saturated heterocycles. The standard InChI is InChI=1S/C8H7N3O/c1-2-11-6(7-5-12-7)3-10-8(11)4-9-1/h1-4,7H,5H2. The van der Waals surface area contributed by atoms with Gasteiger partial charge in [-0.25, -0.2) is 4.98 Å². The zero-order valence-corrected chi connectivity index (χ0v) is 6.34. The number of imidazole rings is 1. The smallest absolute Gasteiger partial charge is 0.155 e. The lowest BCUT2D eigenvalue weighted by atomic mass is 10.4. The maximum atomic E-state index is 5.18. The van der Waals surface area contributed by atoms with Crippen LogP contribution in [-0.2, 0) is 4.74 Å². The highest BCUT2D eigenvalue weighted by atomic mass is 16.6. The van der Waals surface area contributed by atoms with Gasteiger partial charge in [-0.1, -0.05) is 0 Å². The van der Waals surface area contributed by atoms with E-state index in [4.69, 9.17) is 4.74 Å². The fourth-order valence-corrected chi connectivity index (χ4v) is 1.32. The van der Waals surface area contributed by atoms with Crippen molar-refractivity contribution in [2.75, 3.05) is 6.61 Å². The summed E-state index contributed by atoms with van der Waals surface area (Å²) in [6.45, 7) is 0.816. The molecule has 1 aliphatic rings. The molecule has 1 unspecified atom stereocenters. The Morgan fingerprint density at radius 2 is 2.42 bits per heavy atom.